The van der Waals surface area contributed by atoms with Crippen LogP contribution in [0.1, 0.15) is 5.56 Å². The molecule has 0 atom stereocenters. The smallest absolute Gasteiger partial charge is 0.416 e. The maximum Gasteiger partial charge on any atom is 0.416 e. The molecule has 5 rings (SSSR count). The van der Waals surface area contributed by atoms with Gasteiger partial charge in [0, 0.05) is 16.9 Å². The van der Waals surface area contributed by atoms with Gasteiger partial charge in [-0.3, -0.25) is 0 Å². The standard InChI is InChI=1S/C28H21F3N4O2/c1-37-23-12-10-21(11-13-23)32-27(36)33-22-4-2-3-19(15-22)17-5-7-18(8-6-17)26-34-24-14-9-20(28(29,30)31)16-25(24)35-26/h2-16H,1H3,(H,34,35)(H2,32,33,36). The fraction of sp³-hybridized carbons (Fsp3) is 0.0714. The average Bonchev–Trinajstić information content (AvgIpc) is 3.32. The lowest BCUT2D eigenvalue weighted by Crippen LogP contribution is -2.19. The zero-order valence-corrected chi connectivity index (χ0v) is 19.6. The lowest BCUT2D eigenvalue weighted by Gasteiger charge is -2.10. The summed E-state index contributed by atoms with van der Waals surface area (Å²) in [6.45, 7) is 0. The van der Waals surface area contributed by atoms with E-state index < -0.39 is 11.7 Å². The third-order valence-electron chi connectivity index (χ3n) is 5.77. The van der Waals surface area contributed by atoms with Crippen LogP contribution in [0, 0.1) is 0 Å². The quantitative estimate of drug-likeness (QED) is 0.232. The molecule has 9 heteroatoms. The Morgan fingerprint density at radius 1 is 0.811 bits per heavy atom. The van der Waals surface area contributed by atoms with Crippen molar-refractivity contribution in [2.45, 2.75) is 6.18 Å². The number of anilines is 2. The maximum atomic E-state index is 13.0. The van der Waals surface area contributed by atoms with Gasteiger partial charge in [0.15, 0.2) is 0 Å². The first-order valence-corrected chi connectivity index (χ1v) is 11.3. The van der Waals surface area contributed by atoms with E-state index in [0.29, 0.717) is 34.0 Å². The van der Waals surface area contributed by atoms with Gasteiger partial charge in [-0.1, -0.05) is 36.4 Å². The minimum atomic E-state index is -4.42. The molecule has 0 bridgehead atoms. The Kier molecular flexibility index (Phi) is 6.27. The molecule has 0 spiro atoms. The number of nitrogens with one attached hydrogen (secondary N) is 3. The molecule has 1 heterocycles. The molecule has 3 N–H and O–H groups in total. The molecule has 0 aliphatic carbocycles. The Labute approximate surface area is 210 Å². The average molecular weight is 502 g/mol. The summed E-state index contributed by atoms with van der Waals surface area (Å²) < 4.78 is 44.1. The van der Waals surface area contributed by atoms with Crippen LogP contribution in [-0.2, 0) is 6.18 Å². The fourth-order valence-corrected chi connectivity index (χ4v) is 3.89. The van der Waals surface area contributed by atoms with Gasteiger partial charge >= 0.3 is 12.2 Å². The van der Waals surface area contributed by atoms with E-state index in [-0.39, 0.29) is 6.03 Å². The van der Waals surface area contributed by atoms with E-state index in [1.165, 1.54) is 6.07 Å². The van der Waals surface area contributed by atoms with Crippen molar-refractivity contribution < 1.29 is 22.7 Å². The number of halogens is 3. The Balaban J connectivity index is 1.30. The number of alkyl halides is 3. The molecule has 0 radical (unpaired) electrons. The molecule has 186 valence electrons. The van der Waals surface area contributed by atoms with Crippen LogP contribution in [0.3, 0.4) is 0 Å². The number of carbonyl (C=O) groups is 1. The van der Waals surface area contributed by atoms with E-state index in [2.05, 4.69) is 20.6 Å². The summed E-state index contributed by atoms with van der Waals surface area (Å²) in [4.78, 5) is 19.8. The number of ether oxygens (including phenoxy) is 1. The number of rotatable bonds is 5. The first-order valence-electron chi connectivity index (χ1n) is 11.3. The van der Waals surface area contributed by atoms with Crippen molar-refractivity contribution in [2.75, 3.05) is 17.7 Å². The molecule has 0 unspecified atom stereocenters. The van der Waals surface area contributed by atoms with E-state index in [1.54, 1.807) is 37.4 Å². The van der Waals surface area contributed by atoms with Crippen molar-refractivity contribution in [3.05, 3.63) is 96.6 Å². The number of hydrogen-bond donors (Lipinski definition) is 3. The van der Waals surface area contributed by atoms with Crippen molar-refractivity contribution in [3.8, 4) is 28.3 Å². The summed E-state index contributed by atoms with van der Waals surface area (Å²) in [6, 6.07) is 24.9. The minimum Gasteiger partial charge on any atom is -0.497 e. The topological polar surface area (TPSA) is 79.0 Å². The van der Waals surface area contributed by atoms with E-state index in [4.69, 9.17) is 4.74 Å². The monoisotopic (exact) mass is 502 g/mol. The van der Waals surface area contributed by atoms with Crippen molar-refractivity contribution in [1.82, 2.24) is 9.97 Å². The van der Waals surface area contributed by atoms with Gasteiger partial charge < -0.3 is 20.4 Å². The lowest BCUT2D eigenvalue weighted by atomic mass is 10.0. The zero-order chi connectivity index (χ0) is 26.0. The van der Waals surface area contributed by atoms with Crippen LogP contribution in [-0.4, -0.2) is 23.1 Å². The molecule has 0 saturated carbocycles. The van der Waals surface area contributed by atoms with Crippen molar-refractivity contribution >= 4 is 28.4 Å². The molecular weight excluding hydrogens is 481 g/mol. The second-order valence-electron chi connectivity index (χ2n) is 8.28. The van der Waals surface area contributed by atoms with Gasteiger partial charge in [0.25, 0.3) is 0 Å². The molecule has 4 aromatic carbocycles. The maximum absolute atomic E-state index is 13.0. The number of amides is 2. The van der Waals surface area contributed by atoms with Crippen LogP contribution >= 0.6 is 0 Å². The van der Waals surface area contributed by atoms with Crippen LogP contribution in [0.25, 0.3) is 33.5 Å². The Morgan fingerprint density at radius 3 is 2.22 bits per heavy atom. The summed E-state index contributed by atoms with van der Waals surface area (Å²) in [7, 11) is 1.57. The van der Waals surface area contributed by atoms with Gasteiger partial charge in [-0.2, -0.15) is 13.2 Å². The summed E-state index contributed by atoms with van der Waals surface area (Å²) in [5.74, 6) is 1.17. The molecule has 37 heavy (non-hydrogen) atoms. The van der Waals surface area contributed by atoms with Crippen LogP contribution in [0.2, 0.25) is 0 Å². The molecular formula is C28H21F3N4O2. The first kappa shape index (κ1) is 23.9. The number of methoxy groups -OCH3 is 1. The number of aromatic amines is 1. The second kappa shape index (κ2) is 9.69. The Morgan fingerprint density at radius 2 is 1.51 bits per heavy atom. The number of imidazole rings is 1. The van der Waals surface area contributed by atoms with E-state index in [9.17, 15) is 18.0 Å². The molecule has 0 saturated heterocycles. The van der Waals surface area contributed by atoms with Gasteiger partial charge in [0.1, 0.15) is 11.6 Å². The largest absolute Gasteiger partial charge is 0.497 e. The molecule has 5 aromatic rings. The van der Waals surface area contributed by atoms with Gasteiger partial charge in [-0.25, -0.2) is 9.78 Å². The highest BCUT2D eigenvalue weighted by Gasteiger charge is 2.30. The zero-order valence-electron chi connectivity index (χ0n) is 19.6. The fourth-order valence-electron chi connectivity index (χ4n) is 3.89. The summed E-state index contributed by atoms with van der Waals surface area (Å²) >= 11 is 0. The van der Waals surface area contributed by atoms with Crippen LogP contribution in [0.15, 0.2) is 91.0 Å². The van der Waals surface area contributed by atoms with E-state index in [0.717, 1.165) is 28.8 Å². The van der Waals surface area contributed by atoms with Gasteiger partial charge in [-0.05, 0) is 65.7 Å². The van der Waals surface area contributed by atoms with Crippen molar-refractivity contribution in [1.29, 1.82) is 0 Å². The van der Waals surface area contributed by atoms with Crippen LogP contribution < -0.4 is 15.4 Å². The highest BCUT2D eigenvalue weighted by molar-refractivity contribution is 6.00. The molecule has 0 aliphatic heterocycles. The normalized spacial score (nSPS) is 11.4. The predicted molar refractivity (Wildman–Crippen MR) is 138 cm³/mol. The molecule has 0 fully saturated rings. The number of urea groups is 1. The van der Waals surface area contributed by atoms with Crippen LogP contribution in [0.5, 0.6) is 5.75 Å². The number of benzene rings is 4. The molecule has 6 nitrogen and oxygen atoms in total. The molecule has 1 aromatic heterocycles. The number of H-pyrrole nitrogens is 1. The third-order valence-corrected chi connectivity index (χ3v) is 5.77. The summed E-state index contributed by atoms with van der Waals surface area (Å²) in [5.41, 5.74) is 3.82. The summed E-state index contributed by atoms with van der Waals surface area (Å²) in [5, 5.41) is 5.59. The van der Waals surface area contributed by atoms with Crippen molar-refractivity contribution in [2.24, 2.45) is 0 Å². The number of aromatic nitrogens is 2. The molecule has 0 aliphatic rings. The Bertz CT molecular complexity index is 1560. The summed E-state index contributed by atoms with van der Waals surface area (Å²) in [6.07, 6.45) is -4.42. The highest BCUT2D eigenvalue weighted by atomic mass is 19.4. The highest BCUT2D eigenvalue weighted by Crippen LogP contribution is 2.32. The van der Waals surface area contributed by atoms with Gasteiger partial charge in [-0.15, -0.1) is 0 Å². The van der Waals surface area contributed by atoms with Crippen molar-refractivity contribution in [3.63, 3.8) is 0 Å². The minimum absolute atomic E-state index is 0.320. The van der Waals surface area contributed by atoms with Gasteiger partial charge in [0.2, 0.25) is 0 Å². The third kappa shape index (κ3) is 5.40. The number of carbonyl (C=O) groups excluding carboxylic acids is 1. The number of nitrogens with zero attached hydrogens (tertiary/aromatic N) is 1. The molecule has 2 amide bonds. The number of hydrogen-bond acceptors (Lipinski definition) is 3. The SMILES string of the molecule is COc1ccc(NC(=O)Nc2cccc(-c3ccc(-c4nc5ccc(C(F)(F)F)cc5[nH]4)cc3)c2)cc1. The second-order valence-corrected chi connectivity index (χ2v) is 8.28. The number of fused-ring (bicyclic) bond motifs is 1. The van der Waals surface area contributed by atoms with E-state index in [1.807, 2.05) is 42.5 Å². The Hall–Kier alpha value is -4.79. The van der Waals surface area contributed by atoms with Gasteiger partial charge in [0.05, 0.1) is 23.7 Å². The lowest BCUT2D eigenvalue weighted by molar-refractivity contribution is -0.137. The predicted octanol–water partition coefficient (Wildman–Crippen LogP) is 7.57. The first-order chi connectivity index (χ1) is 17.8. The van der Waals surface area contributed by atoms with E-state index >= 15 is 0 Å². The van der Waals surface area contributed by atoms with Crippen LogP contribution in [0.4, 0.5) is 29.3 Å².